The van der Waals surface area contributed by atoms with Crippen molar-refractivity contribution in [3.05, 3.63) is 38.2 Å². The van der Waals surface area contributed by atoms with Crippen LogP contribution in [-0.2, 0) is 6.54 Å². The fourth-order valence-corrected chi connectivity index (χ4v) is 2.64. The third kappa shape index (κ3) is 4.29. The topological polar surface area (TPSA) is 34.1 Å². The number of thiazole rings is 1. The summed E-state index contributed by atoms with van der Waals surface area (Å²) in [7, 11) is 0. The molecule has 0 fully saturated rings. The number of halogens is 4. The highest BCUT2D eigenvalue weighted by atomic mass is 79.9. The van der Waals surface area contributed by atoms with Gasteiger partial charge in [0, 0.05) is 15.5 Å². The van der Waals surface area contributed by atoms with E-state index >= 15 is 0 Å². The average molecular weight is 370 g/mol. The summed E-state index contributed by atoms with van der Waals surface area (Å²) in [6.07, 6.45) is 1.63. The molecular weight excluding hydrogens is 362 g/mol. The number of ether oxygens (including phenoxy) is 1. The maximum atomic E-state index is 12.3. The minimum absolute atomic E-state index is 0.0833. The van der Waals surface area contributed by atoms with Crippen molar-refractivity contribution in [2.75, 3.05) is 5.32 Å². The zero-order chi connectivity index (χ0) is 13.8. The molecule has 0 aliphatic rings. The van der Waals surface area contributed by atoms with Crippen molar-refractivity contribution in [2.24, 2.45) is 0 Å². The number of aromatic nitrogens is 1. The Bertz CT molecular complexity index is 567. The molecule has 0 radical (unpaired) electrons. The molecule has 0 aliphatic carbocycles. The number of hydrogen-bond acceptors (Lipinski definition) is 4. The van der Waals surface area contributed by atoms with Crippen molar-refractivity contribution in [1.29, 1.82) is 0 Å². The Hall–Kier alpha value is -0.920. The van der Waals surface area contributed by atoms with E-state index in [2.05, 4.69) is 31.0 Å². The van der Waals surface area contributed by atoms with Gasteiger partial charge in [-0.05, 0) is 18.2 Å². The fourth-order valence-electron chi connectivity index (χ4n) is 1.38. The monoisotopic (exact) mass is 368 g/mol. The maximum absolute atomic E-state index is 12.3. The van der Waals surface area contributed by atoms with Gasteiger partial charge < -0.3 is 10.1 Å². The lowest BCUT2D eigenvalue weighted by Crippen LogP contribution is -2.06. The van der Waals surface area contributed by atoms with Gasteiger partial charge in [0.25, 0.3) is 0 Å². The Kier molecular flexibility index (Phi) is 4.95. The van der Waals surface area contributed by atoms with E-state index < -0.39 is 6.61 Å². The normalized spacial score (nSPS) is 10.8. The van der Waals surface area contributed by atoms with Gasteiger partial charge in [0.05, 0.1) is 12.2 Å². The lowest BCUT2D eigenvalue weighted by Gasteiger charge is -2.12. The molecule has 0 unspecified atom stereocenters. The molecule has 0 aliphatic heterocycles. The first-order valence-corrected chi connectivity index (χ1v) is 7.12. The van der Waals surface area contributed by atoms with Crippen LogP contribution in [0.3, 0.4) is 0 Å². The van der Waals surface area contributed by atoms with Crippen LogP contribution in [0.15, 0.2) is 28.9 Å². The van der Waals surface area contributed by atoms with Crippen LogP contribution in [0.4, 0.5) is 14.5 Å². The molecule has 2 rings (SSSR count). The smallest absolute Gasteiger partial charge is 0.387 e. The van der Waals surface area contributed by atoms with Gasteiger partial charge in [-0.2, -0.15) is 8.78 Å². The lowest BCUT2D eigenvalue weighted by atomic mass is 10.3. The van der Waals surface area contributed by atoms with E-state index in [9.17, 15) is 8.78 Å². The van der Waals surface area contributed by atoms with Crippen LogP contribution in [0, 0.1) is 0 Å². The Labute approximate surface area is 125 Å². The van der Waals surface area contributed by atoms with E-state index in [1.54, 1.807) is 18.3 Å². The standard InChI is InChI=1S/C11H8BrClF2N2OS/c12-6-1-2-8(9(3-6)18-11(14)15)16-4-7-5-17-10(13)19-7/h1-3,5,11,16H,4H2. The van der Waals surface area contributed by atoms with Crippen molar-refractivity contribution in [2.45, 2.75) is 13.2 Å². The van der Waals surface area contributed by atoms with Crippen molar-refractivity contribution in [3.8, 4) is 5.75 Å². The number of rotatable bonds is 5. The third-order valence-corrected chi connectivity index (χ3v) is 3.75. The van der Waals surface area contributed by atoms with E-state index in [1.165, 1.54) is 17.4 Å². The molecule has 3 nitrogen and oxygen atoms in total. The van der Waals surface area contributed by atoms with E-state index in [-0.39, 0.29) is 5.75 Å². The van der Waals surface area contributed by atoms with Gasteiger partial charge in [0.1, 0.15) is 5.75 Å². The molecule has 19 heavy (non-hydrogen) atoms. The summed E-state index contributed by atoms with van der Waals surface area (Å²) < 4.78 is 30.2. The molecule has 0 spiro atoms. The Balaban J connectivity index is 2.10. The molecule has 1 heterocycles. The van der Waals surface area contributed by atoms with Gasteiger partial charge in [0.2, 0.25) is 0 Å². The van der Waals surface area contributed by atoms with Gasteiger partial charge in [-0.15, -0.1) is 11.3 Å². The minimum atomic E-state index is -2.87. The van der Waals surface area contributed by atoms with Gasteiger partial charge in [0.15, 0.2) is 4.47 Å². The molecule has 8 heteroatoms. The summed E-state index contributed by atoms with van der Waals surface area (Å²) in [5.41, 5.74) is 0.480. The van der Waals surface area contributed by atoms with Crippen molar-refractivity contribution >= 4 is 44.6 Å². The van der Waals surface area contributed by atoms with Crippen LogP contribution in [0.2, 0.25) is 4.47 Å². The van der Waals surface area contributed by atoms with Crippen molar-refractivity contribution < 1.29 is 13.5 Å². The van der Waals surface area contributed by atoms with Crippen LogP contribution in [-0.4, -0.2) is 11.6 Å². The summed E-state index contributed by atoms with van der Waals surface area (Å²) in [4.78, 5) is 4.80. The molecule has 0 bridgehead atoms. The average Bonchev–Trinajstić information content (AvgIpc) is 2.73. The first kappa shape index (κ1) is 14.5. The molecule has 0 atom stereocenters. The molecule has 1 N–H and O–H groups in total. The number of nitrogens with one attached hydrogen (secondary N) is 1. The van der Waals surface area contributed by atoms with Crippen LogP contribution in [0.5, 0.6) is 5.75 Å². The van der Waals surface area contributed by atoms with Gasteiger partial charge in [-0.25, -0.2) is 4.98 Å². The molecule has 1 aromatic heterocycles. The maximum Gasteiger partial charge on any atom is 0.387 e. The highest BCUT2D eigenvalue weighted by molar-refractivity contribution is 9.10. The molecule has 0 amide bonds. The van der Waals surface area contributed by atoms with E-state index in [1.807, 2.05) is 0 Å². The van der Waals surface area contributed by atoms with E-state index in [4.69, 9.17) is 11.6 Å². The summed E-state index contributed by atoms with van der Waals surface area (Å²) >= 11 is 10.2. The fraction of sp³-hybridized carbons (Fsp3) is 0.182. The van der Waals surface area contributed by atoms with Crippen LogP contribution in [0.25, 0.3) is 0 Å². The van der Waals surface area contributed by atoms with Crippen molar-refractivity contribution in [3.63, 3.8) is 0 Å². The minimum Gasteiger partial charge on any atom is -0.433 e. The summed E-state index contributed by atoms with van der Waals surface area (Å²) in [6.45, 7) is -2.43. The molecule has 0 saturated heterocycles. The first-order chi connectivity index (χ1) is 9.04. The quantitative estimate of drug-likeness (QED) is 0.824. The predicted molar refractivity (Wildman–Crippen MR) is 75.2 cm³/mol. The lowest BCUT2D eigenvalue weighted by molar-refractivity contribution is -0.0494. The molecule has 0 saturated carbocycles. The second-order valence-electron chi connectivity index (χ2n) is 3.45. The predicted octanol–water partition coefficient (Wildman–Crippen LogP) is 4.77. The SMILES string of the molecule is FC(F)Oc1cc(Br)ccc1NCc1cnc(Cl)s1. The van der Waals surface area contributed by atoms with Crippen LogP contribution < -0.4 is 10.1 Å². The number of anilines is 1. The molecule has 1 aromatic carbocycles. The van der Waals surface area contributed by atoms with Gasteiger partial charge in [-0.1, -0.05) is 27.5 Å². The Morgan fingerprint density at radius 1 is 1.47 bits per heavy atom. The summed E-state index contributed by atoms with van der Waals surface area (Å²) in [6, 6.07) is 4.87. The zero-order valence-corrected chi connectivity index (χ0v) is 12.5. The van der Waals surface area contributed by atoms with E-state index in [0.717, 1.165) is 4.88 Å². The van der Waals surface area contributed by atoms with Crippen molar-refractivity contribution in [1.82, 2.24) is 4.98 Å². The number of hydrogen-bond donors (Lipinski definition) is 1. The highest BCUT2D eigenvalue weighted by Gasteiger charge is 2.10. The summed E-state index contributed by atoms with van der Waals surface area (Å²) in [5, 5.41) is 3.01. The second-order valence-corrected chi connectivity index (χ2v) is 6.07. The van der Waals surface area contributed by atoms with Gasteiger partial charge in [-0.3, -0.25) is 0 Å². The molecular formula is C11H8BrClF2N2OS. The number of nitrogens with zero attached hydrogens (tertiary/aromatic N) is 1. The van der Waals surface area contributed by atoms with Crippen LogP contribution in [0.1, 0.15) is 4.88 Å². The Morgan fingerprint density at radius 3 is 2.89 bits per heavy atom. The molecule has 102 valence electrons. The first-order valence-electron chi connectivity index (χ1n) is 5.13. The summed E-state index contributed by atoms with van der Waals surface area (Å²) in [5.74, 6) is 0.0833. The Morgan fingerprint density at radius 2 is 2.26 bits per heavy atom. The van der Waals surface area contributed by atoms with E-state index in [0.29, 0.717) is 21.2 Å². The van der Waals surface area contributed by atoms with Crippen LogP contribution >= 0.6 is 38.9 Å². The third-order valence-electron chi connectivity index (χ3n) is 2.14. The largest absolute Gasteiger partial charge is 0.433 e. The second kappa shape index (κ2) is 6.49. The number of benzene rings is 1. The highest BCUT2D eigenvalue weighted by Crippen LogP contribution is 2.30. The zero-order valence-electron chi connectivity index (χ0n) is 9.37. The van der Waals surface area contributed by atoms with Gasteiger partial charge >= 0.3 is 6.61 Å². The number of alkyl halides is 2. The molecule has 2 aromatic rings.